The van der Waals surface area contributed by atoms with Gasteiger partial charge in [-0.05, 0) is 52.3 Å². The van der Waals surface area contributed by atoms with E-state index in [1.807, 2.05) is 0 Å². The van der Waals surface area contributed by atoms with Gasteiger partial charge in [-0.1, -0.05) is 23.2 Å². The normalized spacial score (nSPS) is 10.3. The van der Waals surface area contributed by atoms with Crippen LogP contribution in [-0.2, 0) is 4.79 Å². The molecule has 0 aliphatic heterocycles. The predicted molar refractivity (Wildman–Crippen MR) is 84.7 cm³/mol. The quantitative estimate of drug-likeness (QED) is 0.802. The van der Waals surface area contributed by atoms with Gasteiger partial charge < -0.3 is 10.1 Å². The van der Waals surface area contributed by atoms with Gasteiger partial charge in [-0.25, -0.2) is 4.39 Å². The van der Waals surface area contributed by atoms with Gasteiger partial charge in [0.15, 0.2) is 6.61 Å². The second-order valence-corrected chi connectivity index (χ2v) is 5.76. The van der Waals surface area contributed by atoms with Crippen molar-refractivity contribution in [3.05, 3.63) is 56.7 Å². The molecule has 7 heteroatoms. The summed E-state index contributed by atoms with van der Waals surface area (Å²) in [5.41, 5.74) is 0.00581. The molecule has 0 heterocycles. The first-order valence-corrected chi connectivity index (χ1v) is 7.33. The summed E-state index contributed by atoms with van der Waals surface area (Å²) in [6, 6.07) is 8.80. The summed E-state index contributed by atoms with van der Waals surface area (Å²) in [6.45, 7) is -0.272. The van der Waals surface area contributed by atoms with Crippen LogP contribution in [0.3, 0.4) is 0 Å². The van der Waals surface area contributed by atoms with E-state index >= 15 is 0 Å². The third kappa shape index (κ3) is 4.59. The summed E-state index contributed by atoms with van der Waals surface area (Å²) < 4.78 is 19.4. The SMILES string of the molecule is O=C(COc1ccc(Cl)cc1Br)Nc1cc(Cl)ccc1F. The van der Waals surface area contributed by atoms with Crippen molar-refractivity contribution in [3.63, 3.8) is 0 Å². The zero-order valence-electron chi connectivity index (χ0n) is 10.5. The number of halogens is 4. The van der Waals surface area contributed by atoms with Crippen molar-refractivity contribution in [1.29, 1.82) is 0 Å². The molecule has 0 saturated heterocycles. The lowest BCUT2D eigenvalue weighted by Crippen LogP contribution is -2.20. The summed E-state index contributed by atoms with van der Waals surface area (Å²) in [7, 11) is 0. The van der Waals surface area contributed by atoms with Crippen LogP contribution in [0.1, 0.15) is 0 Å². The molecule has 0 fully saturated rings. The Kier molecular flexibility index (Phi) is 5.45. The molecule has 2 aromatic rings. The summed E-state index contributed by atoms with van der Waals surface area (Å²) in [6.07, 6.45) is 0. The van der Waals surface area contributed by atoms with Crippen molar-refractivity contribution in [2.45, 2.75) is 0 Å². The van der Waals surface area contributed by atoms with Crippen LogP contribution in [0.4, 0.5) is 10.1 Å². The number of rotatable bonds is 4. The van der Waals surface area contributed by atoms with E-state index in [1.54, 1.807) is 18.2 Å². The molecule has 3 nitrogen and oxygen atoms in total. The molecule has 0 atom stereocenters. The van der Waals surface area contributed by atoms with Crippen LogP contribution in [0.25, 0.3) is 0 Å². The largest absolute Gasteiger partial charge is 0.483 e. The number of anilines is 1. The van der Waals surface area contributed by atoms with E-state index in [9.17, 15) is 9.18 Å². The molecular weight excluding hydrogens is 384 g/mol. The Bertz CT molecular complexity index is 682. The van der Waals surface area contributed by atoms with Crippen LogP contribution in [0.5, 0.6) is 5.75 Å². The molecule has 0 aliphatic carbocycles. The average molecular weight is 393 g/mol. The lowest BCUT2D eigenvalue weighted by molar-refractivity contribution is -0.118. The Morgan fingerprint density at radius 2 is 1.86 bits per heavy atom. The van der Waals surface area contributed by atoms with E-state index in [0.717, 1.165) is 0 Å². The molecule has 0 saturated carbocycles. The van der Waals surface area contributed by atoms with E-state index in [4.69, 9.17) is 27.9 Å². The topological polar surface area (TPSA) is 38.3 Å². The van der Waals surface area contributed by atoms with E-state index in [1.165, 1.54) is 18.2 Å². The summed E-state index contributed by atoms with van der Waals surface area (Å²) in [4.78, 5) is 11.7. The first-order valence-electron chi connectivity index (χ1n) is 5.78. The second-order valence-electron chi connectivity index (χ2n) is 4.04. The van der Waals surface area contributed by atoms with Gasteiger partial charge in [-0.15, -0.1) is 0 Å². The van der Waals surface area contributed by atoms with Crippen LogP contribution in [0, 0.1) is 5.82 Å². The zero-order valence-corrected chi connectivity index (χ0v) is 13.6. The highest BCUT2D eigenvalue weighted by atomic mass is 79.9. The zero-order chi connectivity index (χ0) is 15.4. The molecule has 0 unspecified atom stereocenters. The molecule has 0 aliphatic rings. The standard InChI is InChI=1S/C14H9BrCl2FNO2/c15-10-5-8(16)2-4-13(10)21-7-14(20)19-12-6-9(17)1-3-11(12)18/h1-6H,7H2,(H,19,20). The smallest absolute Gasteiger partial charge is 0.262 e. The summed E-state index contributed by atoms with van der Waals surface area (Å²) >= 11 is 14.8. The van der Waals surface area contributed by atoms with Gasteiger partial charge in [-0.3, -0.25) is 4.79 Å². The fourth-order valence-corrected chi connectivity index (χ4v) is 2.48. The van der Waals surface area contributed by atoms with E-state index in [2.05, 4.69) is 21.2 Å². The first-order chi connectivity index (χ1) is 9.95. The molecule has 2 aromatic carbocycles. The van der Waals surface area contributed by atoms with Crippen LogP contribution in [0.15, 0.2) is 40.9 Å². The molecule has 0 spiro atoms. The minimum atomic E-state index is -0.569. The van der Waals surface area contributed by atoms with Crippen molar-refractivity contribution < 1.29 is 13.9 Å². The highest BCUT2D eigenvalue weighted by Crippen LogP contribution is 2.28. The average Bonchev–Trinajstić information content (AvgIpc) is 2.42. The van der Waals surface area contributed by atoms with Crippen molar-refractivity contribution in [3.8, 4) is 5.75 Å². The van der Waals surface area contributed by atoms with Gasteiger partial charge in [0, 0.05) is 10.0 Å². The molecule has 0 bridgehead atoms. The maximum Gasteiger partial charge on any atom is 0.262 e. The molecule has 0 radical (unpaired) electrons. The van der Waals surface area contributed by atoms with E-state index in [0.29, 0.717) is 20.3 Å². The molecule has 2 rings (SSSR count). The Morgan fingerprint density at radius 1 is 1.19 bits per heavy atom. The maximum atomic E-state index is 13.5. The number of nitrogens with one attached hydrogen (secondary N) is 1. The number of carbonyl (C=O) groups is 1. The molecule has 1 N–H and O–H groups in total. The van der Waals surface area contributed by atoms with Crippen LogP contribution >= 0.6 is 39.1 Å². The highest BCUT2D eigenvalue weighted by molar-refractivity contribution is 9.10. The third-order valence-corrected chi connectivity index (χ3v) is 3.55. The van der Waals surface area contributed by atoms with Crippen LogP contribution in [-0.4, -0.2) is 12.5 Å². The van der Waals surface area contributed by atoms with Crippen LogP contribution in [0.2, 0.25) is 10.0 Å². The lowest BCUT2D eigenvalue weighted by atomic mass is 10.3. The monoisotopic (exact) mass is 391 g/mol. The third-order valence-electron chi connectivity index (χ3n) is 2.46. The molecule has 110 valence electrons. The van der Waals surface area contributed by atoms with Gasteiger partial charge in [-0.2, -0.15) is 0 Å². The highest BCUT2D eigenvalue weighted by Gasteiger charge is 2.09. The van der Waals surface area contributed by atoms with E-state index < -0.39 is 11.7 Å². The number of ether oxygens (including phenoxy) is 1. The van der Waals surface area contributed by atoms with Gasteiger partial charge in [0.25, 0.3) is 5.91 Å². The minimum absolute atomic E-state index is 0.00581. The summed E-state index contributed by atoms with van der Waals surface area (Å²) in [5.74, 6) is -0.612. The molecule has 0 aromatic heterocycles. The van der Waals surface area contributed by atoms with Crippen molar-refractivity contribution in [2.75, 3.05) is 11.9 Å². The number of amides is 1. The van der Waals surface area contributed by atoms with Gasteiger partial charge in [0.05, 0.1) is 10.2 Å². The number of hydrogen-bond donors (Lipinski definition) is 1. The van der Waals surface area contributed by atoms with E-state index in [-0.39, 0.29) is 12.3 Å². The fourth-order valence-electron chi connectivity index (χ4n) is 1.52. The Morgan fingerprint density at radius 3 is 2.57 bits per heavy atom. The fraction of sp³-hybridized carbons (Fsp3) is 0.0714. The first kappa shape index (κ1) is 16.1. The molecule has 1 amide bonds. The number of benzene rings is 2. The lowest BCUT2D eigenvalue weighted by Gasteiger charge is -2.10. The van der Waals surface area contributed by atoms with Gasteiger partial charge >= 0.3 is 0 Å². The summed E-state index contributed by atoms with van der Waals surface area (Å²) in [5, 5.41) is 3.26. The number of hydrogen-bond acceptors (Lipinski definition) is 2. The predicted octanol–water partition coefficient (Wildman–Crippen LogP) is 4.91. The Balaban J connectivity index is 1.97. The van der Waals surface area contributed by atoms with Crippen molar-refractivity contribution in [1.82, 2.24) is 0 Å². The maximum absolute atomic E-state index is 13.5. The Hall–Kier alpha value is -1.30. The van der Waals surface area contributed by atoms with Gasteiger partial charge in [0.2, 0.25) is 0 Å². The van der Waals surface area contributed by atoms with Crippen molar-refractivity contribution in [2.24, 2.45) is 0 Å². The Labute approximate surface area is 139 Å². The van der Waals surface area contributed by atoms with Crippen LogP contribution < -0.4 is 10.1 Å². The molecule has 21 heavy (non-hydrogen) atoms. The molecular formula is C14H9BrCl2FNO2. The van der Waals surface area contributed by atoms with Crippen molar-refractivity contribution >= 4 is 50.7 Å². The van der Waals surface area contributed by atoms with Gasteiger partial charge in [0.1, 0.15) is 11.6 Å². The minimum Gasteiger partial charge on any atom is -0.483 e. The number of carbonyl (C=O) groups excluding carboxylic acids is 1. The second kappa shape index (κ2) is 7.11.